The number of rotatable bonds is 5. The van der Waals surface area contributed by atoms with Crippen LogP contribution >= 0.6 is 12.4 Å². The Morgan fingerprint density at radius 3 is 2.65 bits per heavy atom. The first kappa shape index (κ1) is 19.7. The topological polar surface area (TPSA) is 79.2 Å². The minimum absolute atomic E-state index is 0. The Hall–Kier alpha value is -1.33. The molecule has 0 saturated heterocycles. The molecule has 0 saturated carbocycles. The van der Waals surface area contributed by atoms with Crippen molar-refractivity contribution in [1.29, 1.82) is 0 Å². The maximum Gasteiger partial charge on any atom is 0.261 e. The van der Waals surface area contributed by atoms with Gasteiger partial charge in [-0.3, -0.25) is 9.59 Å². The molecular formula is C17H28ClN3O2. The molecule has 0 aromatic carbocycles. The highest BCUT2D eigenvalue weighted by Gasteiger charge is 2.20. The summed E-state index contributed by atoms with van der Waals surface area (Å²) in [6.45, 7) is 4.70. The molecule has 1 aliphatic rings. The predicted molar refractivity (Wildman–Crippen MR) is 95.3 cm³/mol. The maximum absolute atomic E-state index is 12.5. The highest BCUT2D eigenvalue weighted by Crippen LogP contribution is 2.19. The van der Waals surface area contributed by atoms with Gasteiger partial charge in [-0.2, -0.15) is 0 Å². The summed E-state index contributed by atoms with van der Waals surface area (Å²) < 4.78 is 0. The molecule has 1 aromatic heterocycles. The van der Waals surface area contributed by atoms with Gasteiger partial charge in [0.2, 0.25) is 0 Å². The van der Waals surface area contributed by atoms with Crippen LogP contribution in [0.4, 0.5) is 0 Å². The molecule has 0 bridgehead atoms. The summed E-state index contributed by atoms with van der Waals surface area (Å²) in [5, 5.41) is 0. The van der Waals surface area contributed by atoms with Crippen LogP contribution in [0.1, 0.15) is 54.7 Å². The molecule has 3 N–H and O–H groups in total. The Balaban J connectivity index is 0.00000264. The summed E-state index contributed by atoms with van der Waals surface area (Å²) in [6.07, 6.45) is 4.80. The van der Waals surface area contributed by atoms with Crippen LogP contribution in [0.2, 0.25) is 0 Å². The number of halogens is 1. The molecule has 1 heterocycles. The summed E-state index contributed by atoms with van der Waals surface area (Å²) in [7, 11) is 1.73. The third-order valence-corrected chi connectivity index (χ3v) is 4.57. The van der Waals surface area contributed by atoms with Crippen LogP contribution in [-0.2, 0) is 12.8 Å². The number of amides is 1. The van der Waals surface area contributed by atoms with Crippen molar-refractivity contribution in [3.63, 3.8) is 0 Å². The van der Waals surface area contributed by atoms with E-state index in [-0.39, 0.29) is 35.5 Å². The summed E-state index contributed by atoms with van der Waals surface area (Å²) >= 11 is 0. The molecule has 130 valence electrons. The van der Waals surface area contributed by atoms with Crippen molar-refractivity contribution in [2.75, 3.05) is 13.6 Å². The zero-order valence-corrected chi connectivity index (χ0v) is 15.0. The average molecular weight is 342 g/mol. The molecular weight excluding hydrogens is 314 g/mol. The Morgan fingerprint density at radius 2 is 2.00 bits per heavy atom. The summed E-state index contributed by atoms with van der Waals surface area (Å²) in [5.74, 6) is 0.168. The number of nitrogens with one attached hydrogen (secondary N) is 1. The number of hydrogen-bond donors (Lipinski definition) is 2. The number of fused-ring (bicyclic) bond motifs is 1. The van der Waals surface area contributed by atoms with E-state index in [0.29, 0.717) is 12.5 Å². The lowest BCUT2D eigenvalue weighted by Crippen LogP contribution is -2.37. The quantitative estimate of drug-likeness (QED) is 0.861. The number of carbonyl (C=O) groups excluding carboxylic acids is 1. The first-order valence-corrected chi connectivity index (χ1v) is 8.16. The van der Waals surface area contributed by atoms with E-state index in [1.54, 1.807) is 18.0 Å². The van der Waals surface area contributed by atoms with Gasteiger partial charge < -0.3 is 15.6 Å². The van der Waals surface area contributed by atoms with Crippen LogP contribution in [0.25, 0.3) is 0 Å². The summed E-state index contributed by atoms with van der Waals surface area (Å²) in [5.41, 5.74) is 8.11. The molecule has 23 heavy (non-hydrogen) atoms. The third-order valence-electron chi connectivity index (χ3n) is 4.57. The second-order valence-electron chi connectivity index (χ2n) is 6.65. The monoisotopic (exact) mass is 341 g/mol. The second-order valence-corrected chi connectivity index (χ2v) is 6.65. The van der Waals surface area contributed by atoms with Gasteiger partial charge in [-0.25, -0.2) is 0 Å². The second kappa shape index (κ2) is 8.50. The number of aryl methyl sites for hydroxylation is 2. The minimum Gasteiger partial charge on any atom is -0.341 e. The zero-order valence-electron chi connectivity index (χ0n) is 14.2. The van der Waals surface area contributed by atoms with Gasteiger partial charge in [-0.05, 0) is 49.7 Å². The van der Waals surface area contributed by atoms with Gasteiger partial charge >= 0.3 is 0 Å². The van der Waals surface area contributed by atoms with Gasteiger partial charge in [-0.1, -0.05) is 13.8 Å². The fraction of sp³-hybridized carbons (Fsp3) is 0.647. The molecule has 1 aliphatic carbocycles. The minimum atomic E-state index is -0.273. The van der Waals surface area contributed by atoms with Crippen molar-refractivity contribution >= 4 is 18.3 Å². The SMILES string of the molecule is CC(C)C(N)CCN(C)C(=O)c1cc2c([nH]c1=O)CCCC2.Cl. The summed E-state index contributed by atoms with van der Waals surface area (Å²) in [4.78, 5) is 29.1. The molecule has 2 rings (SSSR count). The number of aromatic nitrogens is 1. The predicted octanol–water partition coefficient (Wildman–Crippen LogP) is 2.12. The number of carbonyl (C=O) groups is 1. The molecule has 0 radical (unpaired) electrons. The van der Waals surface area contributed by atoms with Crippen LogP contribution in [0.5, 0.6) is 0 Å². The van der Waals surface area contributed by atoms with E-state index in [2.05, 4.69) is 18.8 Å². The Morgan fingerprint density at radius 1 is 1.35 bits per heavy atom. The molecule has 0 spiro atoms. The van der Waals surface area contributed by atoms with E-state index in [1.807, 2.05) is 0 Å². The van der Waals surface area contributed by atoms with Gasteiger partial charge in [-0.15, -0.1) is 12.4 Å². The van der Waals surface area contributed by atoms with E-state index in [1.165, 1.54) is 0 Å². The van der Waals surface area contributed by atoms with Crippen molar-refractivity contribution in [2.45, 2.75) is 52.0 Å². The Bertz CT molecular complexity index is 598. The van der Waals surface area contributed by atoms with Crippen LogP contribution in [0, 0.1) is 5.92 Å². The van der Waals surface area contributed by atoms with Gasteiger partial charge in [0.05, 0.1) is 0 Å². The maximum atomic E-state index is 12.5. The summed E-state index contributed by atoms with van der Waals surface area (Å²) in [6, 6.07) is 1.85. The van der Waals surface area contributed by atoms with Gasteiger partial charge in [0.1, 0.15) is 5.56 Å². The number of hydrogen-bond acceptors (Lipinski definition) is 3. The van der Waals surface area contributed by atoms with E-state index in [4.69, 9.17) is 5.73 Å². The highest BCUT2D eigenvalue weighted by atomic mass is 35.5. The molecule has 5 nitrogen and oxygen atoms in total. The van der Waals surface area contributed by atoms with Crippen molar-refractivity contribution in [3.05, 3.63) is 33.2 Å². The third kappa shape index (κ3) is 4.82. The molecule has 0 fully saturated rings. The lowest BCUT2D eigenvalue weighted by molar-refractivity contribution is 0.0787. The lowest BCUT2D eigenvalue weighted by Gasteiger charge is -2.22. The molecule has 1 amide bonds. The van der Waals surface area contributed by atoms with Crippen LogP contribution < -0.4 is 11.3 Å². The van der Waals surface area contributed by atoms with Gasteiger partial charge in [0.25, 0.3) is 11.5 Å². The number of H-pyrrole nitrogens is 1. The van der Waals surface area contributed by atoms with Crippen LogP contribution in [-0.4, -0.2) is 35.4 Å². The van der Waals surface area contributed by atoms with Gasteiger partial charge in [0, 0.05) is 25.3 Å². The highest BCUT2D eigenvalue weighted by molar-refractivity contribution is 5.93. The van der Waals surface area contributed by atoms with Crippen LogP contribution in [0.3, 0.4) is 0 Å². The van der Waals surface area contributed by atoms with E-state index in [0.717, 1.165) is 43.4 Å². The number of nitrogens with two attached hydrogens (primary N) is 1. The number of nitrogens with zero attached hydrogens (tertiary/aromatic N) is 1. The first-order chi connectivity index (χ1) is 10.4. The molecule has 0 aliphatic heterocycles. The standard InChI is InChI=1S/C17H27N3O2.ClH/c1-11(2)14(18)8-9-20(3)17(22)13-10-12-6-4-5-7-15(12)19-16(13)21;/h10-11,14H,4-9,18H2,1-3H3,(H,19,21);1H. The lowest BCUT2D eigenvalue weighted by atomic mass is 9.95. The molecule has 6 heteroatoms. The molecule has 1 unspecified atom stereocenters. The van der Waals surface area contributed by atoms with Crippen molar-refractivity contribution in [1.82, 2.24) is 9.88 Å². The van der Waals surface area contributed by atoms with Gasteiger partial charge in [0.15, 0.2) is 0 Å². The number of pyridine rings is 1. The van der Waals surface area contributed by atoms with Crippen molar-refractivity contribution in [3.8, 4) is 0 Å². The van der Waals surface area contributed by atoms with E-state index in [9.17, 15) is 9.59 Å². The van der Waals surface area contributed by atoms with Crippen LogP contribution in [0.15, 0.2) is 10.9 Å². The van der Waals surface area contributed by atoms with Crippen molar-refractivity contribution in [2.24, 2.45) is 11.7 Å². The number of aromatic amines is 1. The average Bonchev–Trinajstić information content (AvgIpc) is 2.50. The van der Waals surface area contributed by atoms with Crippen molar-refractivity contribution < 1.29 is 4.79 Å². The Labute approximate surface area is 144 Å². The van der Waals surface area contributed by atoms with E-state index < -0.39 is 0 Å². The normalized spacial score (nSPS) is 14.8. The molecule has 1 aromatic rings. The smallest absolute Gasteiger partial charge is 0.261 e. The Kier molecular flexibility index (Phi) is 7.29. The molecule has 1 atom stereocenters. The largest absolute Gasteiger partial charge is 0.341 e. The van der Waals surface area contributed by atoms with E-state index >= 15 is 0 Å². The zero-order chi connectivity index (χ0) is 16.3. The first-order valence-electron chi connectivity index (χ1n) is 8.16. The fourth-order valence-electron chi connectivity index (χ4n) is 2.82. The fourth-order valence-corrected chi connectivity index (χ4v) is 2.82.